The Morgan fingerprint density at radius 3 is 2.70 bits per heavy atom. The molecule has 0 amide bonds. The number of nitrogens with one attached hydrogen (secondary N) is 2. The standard InChI is InChI=1S/C21H16ClFN4O4S2/c22-13-2-1-3-15(10-13)26-33(30,31)16-5-6-19(20(12-16)27(28)29)25-24-18-8-9-32-21-7-4-14(23)11-17(18)21/h1-7,10-12,25-26H,8-9H2/b24-18+. The van der Waals surface area contributed by atoms with Crippen LogP contribution >= 0.6 is 23.4 Å². The maximum Gasteiger partial charge on any atom is 0.295 e. The monoisotopic (exact) mass is 506 g/mol. The fourth-order valence-electron chi connectivity index (χ4n) is 3.18. The van der Waals surface area contributed by atoms with Gasteiger partial charge in [0.1, 0.15) is 11.5 Å². The number of hydrazone groups is 1. The number of fused-ring (bicyclic) bond motifs is 1. The van der Waals surface area contributed by atoms with Gasteiger partial charge in [-0.2, -0.15) is 5.10 Å². The van der Waals surface area contributed by atoms with Crippen molar-refractivity contribution in [2.45, 2.75) is 16.2 Å². The van der Waals surface area contributed by atoms with Crippen molar-refractivity contribution in [2.75, 3.05) is 15.9 Å². The molecule has 4 rings (SSSR count). The zero-order valence-electron chi connectivity index (χ0n) is 16.8. The largest absolute Gasteiger partial charge is 0.295 e. The topological polar surface area (TPSA) is 114 Å². The van der Waals surface area contributed by atoms with Crippen LogP contribution in [0.1, 0.15) is 12.0 Å². The lowest BCUT2D eigenvalue weighted by atomic mass is 10.1. The molecule has 0 spiro atoms. The number of sulfonamides is 1. The van der Waals surface area contributed by atoms with Crippen LogP contribution in [0.3, 0.4) is 0 Å². The summed E-state index contributed by atoms with van der Waals surface area (Å²) < 4.78 is 41.5. The molecule has 1 aliphatic rings. The molecule has 1 heterocycles. The number of anilines is 2. The third kappa shape index (κ3) is 5.27. The van der Waals surface area contributed by atoms with Crippen molar-refractivity contribution < 1.29 is 17.7 Å². The van der Waals surface area contributed by atoms with Gasteiger partial charge in [0.2, 0.25) is 0 Å². The van der Waals surface area contributed by atoms with E-state index in [1.807, 2.05) is 0 Å². The highest BCUT2D eigenvalue weighted by molar-refractivity contribution is 7.99. The Morgan fingerprint density at radius 2 is 1.94 bits per heavy atom. The predicted octanol–water partition coefficient (Wildman–Crippen LogP) is 5.50. The van der Waals surface area contributed by atoms with E-state index in [9.17, 15) is 22.9 Å². The van der Waals surface area contributed by atoms with Crippen molar-refractivity contribution in [3.8, 4) is 0 Å². The minimum Gasteiger partial charge on any atom is -0.280 e. The fraction of sp³-hybridized carbons (Fsp3) is 0.0952. The summed E-state index contributed by atoms with van der Waals surface area (Å²) in [6.45, 7) is 0. The summed E-state index contributed by atoms with van der Waals surface area (Å²) in [6.07, 6.45) is 0.540. The number of nitro groups is 1. The molecule has 0 bridgehead atoms. The van der Waals surface area contributed by atoms with E-state index >= 15 is 0 Å². The van der Waals surface area contributed by atoms with Gasteiger partial charge in [-0.25, -0.2) is 12.8 Å². The molecule has 0 radical (unpaired) electrons. The molecule has 0 fully saturated rings. The predicted molar refractivity (Wildman–Crippen MR) is 127 cm³/mol. The first-order valence-corrected chi connectivity index (χ1v) is 12.4. The molecule has 2 N–H and O–H groups in total. The number of hydrogen-bond donors (Lipinski definition) is 2. The first kappa shape index (κ1) is 23.0. The second-order valence-electron chi connectivity index (χ2n) is 6.96. The van der Waals surface area contributed by atoms with E-state index in [0.717, 1.165) is 16.7 Å². The summed E-state index contributed by atoms with van der Waals surface area (Å²) in [6, 6.07) is 13.9. The van der Waals surface area contributed by atoms with Gasteiger partial charge in [-0.05, 0) is 48.5 Å². The van der Waals surface area contributed by atoms with Gasteiger partial charge >= 0.3 is 0 Å². The van der Waals surface area contributed by atoms with E-state index in [4.69, 9.17) is 11.6 Å². The Bertz CT molecular complexity index is 1380. The Kier molecular flexibility index (Phi) is 6.54. The zero-order chi connectivity index (χ0) is 23.6. The number of nitrogens with zero attached hydrogens (tertiary/aromatic N) is 2. The molecule has 0 aromatic heterocycles. The van der Waals surface area contributed by atoms with Crippen LogP contribution in [0, 0.1) is 15.9 Å². The number of rotatable bonds is 6. The van der Waals surface area contributed by atoms with Gasteiger partial charge in [-0.1, -0.05) is 17.7 Å². The van der Waals surface area contributed by atoms with Gasteiger partial charge in [-0.3, -0.25) is 20.3 Å². The molecule has 3 aromatic carbocycles. The molecule has 0 aliphatic carbocycles. The number of benzene rings is 3. The third-order valence-corrected chi connectivity index (χ3v) is 7.40. The summed E-state index contributed by atoms with van der Waals surface area (Å²) in [4.78, 5) is 11.5. The van der Waals surface area contributed by atoms with E-state index in [0.29, 0.717) is 22.7 Å². The van der Waals surface area contributed by atoms with Gasteiger partial charge in [0.15, 0.2) is 0 Å². The van der Waals surface area contributed by atoms with E-state index in [2.05, 4.69) is 15.2 Å². The van der Waals surface area contributed by atoms with E-state index < -0.39 is 26.5 Å². The summed E-state index contributed by atoms with van der Waals surface area (Å²) >= 11 is 7.45. The van der Waals surface area contributed by atoms with E-state index in [1.54, 1.807) is 30.0 Å². The van der Waals surface area contributed by atoms with Crippen LogP contribution < -0.4 is 10.1 Å². The van der Waals surface area contributed by atoms with Gasteiger partial charge < -0.3 is 0 Å². The number of thioether (sulfide) groups is 1. The van der Waals surface area contributed by atoms with Gasteiger partial charge in [0.05, 0.1) is 21.2 Å². The Hall–Kier alpha value is -3.15. The van der Waals surface area contributed by atoms with E-state index in [1.165, 1.54) is 36.4 Å². The van der Waals surface area contributed by atoms with Crippen LogP contribution in [-0.4, -0.2) is 24.8 Å². The summed E-state index contributed by atoms with van der Waals surface area (Å²) in [5.41, 5.74) is 3.56. The number of halogens is 2. The molecule has 0 unspecified atom stereocenters. The molecule has 170 valence electrons. The van der Waals surface area contributed by atoms with Crippen molar-refractivity contribution >= 4 is 56.2 Å². The molecule has 12 heteroatoms. The second-order valence-corrected chi connectivity index (χ2v) is 10.2. The highest BCUT2D eigenvalue weighted by Gasteiger charge is 2.23. The van der Waals surface area contributed by atoms with E-state index in [-0.39, 0.29) is 16.3 Å². The average molecular weight is 507 g/mol. The van der Waals surface area contributed by atoms with Crippen molar-refractivity contribution in [1.82, 2.24) is 0 Å². The second kappa shape index (κ2) is 9.38. The average Bonchev–Trinajstić information content (AvgIpc) is 2.77. The Morgan fingerprint density at radius 1 is 1.12 bits per heavy atom. The molecule has 8 nitrogen and oxygen atoms in total. The highest BCUT2D eigenvalue weighted by Crippen LogP contribution is 2.32. The highest BCUT2D eigenvalue weighted by atomic mass is 35.5. The van der Waals surface area contributed by atoms with Crippen LogP contribution in [0.5, 0.6) is 0 Å². The molecule has 0 atom stereocenters. The number of nitro benzene ring substituents is 1. The van der Waals surface area contributed by atoms with Crippen LogP contribution in [0.25, 0.3) is 0 Å². The maximum atomic E-state index is 13.7. The van der Waals surface area contributed by atoms with Gasteiger partial charge in [0.25, 0.3) is 15.7 Å². The summed E-state index contributed by atoms with van der Waals surface area (Å²) in [7, 11) is -4.10. The molecular formula is C21H16ClFN4O4S2. The van der Waals surface area contributed by atoms with Gasteiger partial charge in [-0.15, -0.1) is 11.8 Å². The molecule has 3 aromatic rings. The first-order valence-electron chi connectivity index (χ1n) is 9.55. The zero-order valence-corrected chi connectivity index (χ0v) is 19.2. The molecule has 0 saturated heterocycles. The first-order chi connectivity index (χ1) is 15.7. The van der Waals surface area contributed by atoms with Crippen molar-refractivity contribution in [3.63, 3.8) is 0 Å². The SMILES string of the molecule is O=[N+]([O-])c1cc(S(=O)(=O)Nc2cccc(Cl)c2)ccc1N/N=C1\CCSc2ccc(F)cc21. The maximum absolute atomic E-state index is 13.7. The third-order valence-electron chi connectivity index (χ3n) is 4.71. The lowest BCUT2D eigenvalue weighted by molar-refractivity contribution is -0.384. The van der Waals surface area contributed by atoms with Crippen LogP contribution in [0.15, 0.2) is 75.6 Å². The fourth-order valence-corrected chi connectivity index (χ4v) is 5.45. The van der Waals surface area contributed by atoms with Crippen LogP contribution in [-0.2, 0) is 10.0 Å². The minimum absolute atomic E-state index is 0.00499. The quantitative estimate of drug-likeness (QED) is 0.337. The normalized spacial score (nSPS) is 14.5. The molecule has 1 aliphatic heterocycles. The smallest absolute Gasteiger partial charge is 0.280 e. The Labute approximate surface area is 198 Å². The summed E-state index contributed by atoms with van der Waals surface area (Å²) in [5, 5.41) is 16.2. The van der Waals surface area contributed by atoms with Crippen LogP contribution in [0.4, 0.5) is 21.5 Å². The number of hydrogen-bond acceptors (Lipinski definition) is 7. The molecular weight excluding hydrogens is 491 g/mol. The van der Waals surface area contributed by atoms with Crippen molar-refractivity contribution in [2.24, 2.45) is 5.10 Å². The minimum atomic E-state index is -4.10. The lowest BCUT2D eigenvalue weighted by Crippen LogP contribution is -2.14. The van der Waals surface area contributed by atoms with Crippen molar-refractivity contribution in [3.05, 3.63) is 87.2 Å². The summed E-state index contributed by atoms with van der Waals surface area (Å²) in [5.74, 6) is 0.324. The van der Waals surface area contributed by atoms with Gasteiger partial charge in [0, 0.05) is 33.7 Å². The molecule has 0 saturated carbocycles. The van der Waals surface area contributed by atoms with Crippen LogP contribution in [0.2, 0.25) is 5.02 Å². The Balaban J connectivity index is 1.63. The van der Waals surface area contributed by atoms with Crippen molar-refractivity contribution in [1.29, 1.82) is 0 Å². The molecule has 33 heavy (non-hydrogen) atoms. The lowest BCUT2D eigenvalue weighted by Gasteiger charge is -2.17.